The van der Waals surface area contributed by atoms with Crippen molar-refractivity contribution in [2.24, 2.45) is 12.0 Å². The molecule has 0 aliphatic heterocycles. The number of aromatic nitrogens is 3. The molecule has 1 aromatic rings. The molecular weight excluding hydrogens is 336 g/mol. The van der Waals surface area contributed by atoms with Gasteiger partial charge in [-0.3, -0.25) is 0 Å². The Labute approximate surface area is 156 Å². The molecule has 0 fully saturated rings. The molecule has 7 nitrogen and oxygen atoms in total. The summed E-state index contributed by atoms with van der Waals surface area (Å²) in [5.41, 5.74) is 0. The zero-order chi connectivity index (χ0) is 18.7. The molecule has 1 aromatic heterocycles. The first-order chi connectivity index (χ1) is 11.8. The molecule has 0 unspecified atom stereocenters. The molecule has 2 N–H and O–H groups in total. The molecular formula is C17H34N6OS. The average Bonchev–Trinajstić information content (AvgIpc) is 2.86. The molecule has 0 bridgehead atoms. The van der Waals surface area contributed by atoms with Gasteiger partial charge < -0.3 is 19.9 Å². The molecule has 0 aromatic carbocycles. The third-order valence-corrected chi connectivity index (χ3v) is 4.73. The average molecular weight is 371 g/mol. The molecule has 0 amide bonds. The maximum atomic E-state index is 5.37. The second-order valence-electron chi connectivity index (χ2n) is 6.75. The van der Waals surface area contributed by atoms with E-state index in [9.17, 15) is 0 Å². The van der Waals surface area contributed by atoms with Crippen molar-refractivity contribution >= 4 is 17.7 Å². The number of guanidine groups is 1. The van der Waals surface area contributed by atoms with Gasteiger partial charge in [0.05, 0.1) is 0 Å². The number of aryl methyl sites for hydroxylation is 1. The van der Waals surface area contributed by atoms with Gasteiger partial charge in [-0.1, -0.05) is 20.8 Å². The van der Waals surface area contributed by atoms with Gasteiger partial charge >= 0.3 is 0 Å². The van der Waals surface area contributed by atoms with E-state index in [1.807, 2.05) is 37.2 Å². The highest BCUT2D eigenvalue weighted by atomic mass is 32.2. The van der Waals surface area contributed by atoms with Crippen molar-refractivity contribution in [3.8, 4) is 0 Å². The fourth-order valence-corrected chi connectivity index (χ4v) is 2.78. The molecule has 0 saturated carbocycles. The van der Waals surface area contributed by atoms with E-state index in [1.165, 1.54) is 0 Å². The second kappa shape index (κ2) is 11.4. The molecule has 25 heavy (non-hydrogen) atoms. The maximum Gasteiger partial charge on any atom is 0.191 e. The van der Waals surface area contributed by atoms with E-state index in [2.05, 4.69) is 46.6 Å². The third kappa shape index (κ3) is 9.69. The molecule has 1 heterocycles. The van der Waals surface area contributed by atoms with Crippen LogP contribution in [0.1, 0.15) is 45.8 Å². The molecule has 0 atom stereocenters. The highest BCUT2D eigenvalue weighted by Crippen LogP contribution is 2.21. The van der Waals surface area contributed by atoms with Crippen LogP contribution in [0.2, 0.25) is 0 Å². The summed E-state index contributed by atoms with van der Waals surface area (Å²) >= 11 is 1.94. The van der Waals surface area contributed by atoms with Crippen LogP contribution in [0.15, 0.2) is 4.99 Å². The van der Waals surface area contributed by atoms with Crippen LogP contribution in [-0.4, -0.2) is 57.5 Å². The Balaban J connectivity index is 2.50. The first kappa shape index (κ1) is 21.8. The summed E-state index contributed by atoms with van der Waals surface area (Å²) in [6, 6.07) is 0. The molecule has 0 spiro atoms. The Morgan fingerprint density at radius 3 is 2.56 bits per heavy atom. The van der Waals surface area contributed by atoms with E-state index in [0.29, 0.717) is 6.54 Å². The number of hydrogen-bond acceptors (Lipinski definition) is 5. The van der Waals surface area contributed by atoms with E-state index in [1.54, 1.807) is 0 Å². The Hall–Kier alpha value is -1.28. The molecule has 8 heteroatoms. The molecule has 1 rings (SSSR count). The zero-order valence-corrected chi connectivity index (χ0v) is 17.4. The first-order valence-corrected chi connectivity index (χ1v) is 9.90. The van der Waals surface area contributed by atoms with Crippen LogP contribution in [0.3, 0.4) is 0 Å². The minimum atomic E-state index is 0.278. The van der Waals surface area contributed by atoms with E-state index in [0.717, 1.165) is 56.1 Å². The lowest BCUT2D eigenvalue weighted by Gasteiger charge is -2.18. The quantitative estimate of drug-likeness (QED) is 0.373. The van der Waals surface area contributed by atoms with Gasteiger partial charge in [-0.05, 0) is 20.3 Å². The number of thioether (sulfide) groups is 1. The number of nitrogens with one attached hydrogen (secondary N) is 2. The van der Waals surface area contributed by atoms with Crippen LogP contribution in [0.25, 0.3) is 0 Å². The summed E-state index contributed by atoms with van der Waals surface area (Å²) in [6.07, 6.45) is 0.953. The van der Waals surface area contributed by atoms with Crippen LogP contribution in [0.4, 0.5) is 0 Å². The number of hydrogen-bond donors (Lipinski definition) is 2. The number of aliphatic imine (C=N–C) groups is 1. The topological polar surface area (TPSA) is 76.4 Å². The van der Waals surface area contributed by atoms with Crippen LogP contribution in [0, 0.1) is 6.92 Å². The monoisotopic (exact) mass is 370 g/mol. The highest BCUT2D eigenvalue weighted by Gasteiger charge is 2.10. The van der Waals surface area contributed by atoms with Gasteiger partial charge in [-0.15, -0.1) is 10.2 Å². The van der Waals surface area contributed by atoms with Crippen molar-refractivity contribution in [2.45, 2.75) is 52.3 Å². The summed E-state index contributed by atoms with van der Waals surface area (Å²) < 4.78 is 7.62. The van der Waals surface area contributed by atoms with Gasteiger partial charge in [0.25, 0.3) is 0 Å². The standard InChI is InChI=1S/C17H34N6OS/c1-7-24-11-8-9-18-16(19-10-12-25-17(3,4)5)20-13-15-22-21-14(2)23(15)6/h7-13H2,1-6H3,(H2,18,19,20). The van der Waals surface area contributed by atoms with Gasteiger partial charge in [-0.2, -0.15) is 11.8 Å². The van der Waals surface area contributed by atoms with Crippen LogP contribution < -0.4 is 10.6 Å². The fourth-order valence-electron chi connectivity index (χ4n) is 1.96. The van der Waals surface area contributed by atoms with Gasteiger partial charge in [0, 0.05) is 43.9 Å². The lowest BCUT2D eigenvalue weighted by atomic mass is 10.3. The van der Waals surface area contributed by atoms with Crippen LogP contribution >= 0.6 is 11.8 Å². The van der Waals surface area contributed by atoms with Crippen molar-refractivity contribution in [1.29, 1.82) is 0 Å². The summed E-state index contributed by atoms with van der Waals surface area (Å²) in [4.78, 5) is 4.64. The lowest BCUT2D eigenvalue weighted by molar-refractivity contribution is 0.145. The van der Waals surface area contributed by atoms with E-state index < -0.39 is 0 Å². The molecule has 144 valence electrons. The van der Waals surface area contributed by atoms with Crippen LogP contribution in [-0.2, 0) is 18.3 Å². The van der Waals surface area contributed by atoms with Crippen molar-refractivity contribution in [1.82, 2.24) is 25.4 Å². The van der Waals surface area contributed by atoms with Crippen molar-refractivity contribution in [3.63, 3.8) is 0 Å². The van der Waals surface area contributed by atoms with Gasteiger partial charge in [0.15, 0.2) is 11.8 Å². The molecule has 0 aliphatic carbocycles. The third-order valence-electron chi connectivity index (χ3n) is 3.45. The summed E-state index contributed by atoms with van der Waals surface area (Å²) in [7, 11) is 1.96. The fraction of sp³-hybridized carbons (Fsp3) is 0.824. The Morgan fingerprint density at radius 1 is 1.24 bits per heavy atom. The summed E-state index contributed by atoms with van der Waals surface area (Å²) in [6.45, 7) is 14.4. The minimum Gasteiger partial charge on any atom is -0.382 e. The van der Waals surface area contributed by atoms with Gasteiger partial charge in [0.1, 0.15) is 12.4 Å². The van der Waals surface area contributed by atoms with E-state index in [-0.39, 0.29) is 4.75 Å². The minimum absolute atomic E-state index is 0.278. The highest BCUT2D eigenvalue weighted by molar-refractivity contribution is 8.00. The first-order valence-electron chi connectivity index (χ1n) is 8.92. The number of rotatable bonds is 10. The zero-order valence-electron chi connectivity index (χ0n) is 16.6. The summed E-state index contributed by atoms with van der Waals surface area (Å²) in [5.74, 6) is 3.60. The Morgan fingerprint density at radius 2 is 1.96 bits per heavy atom. The van der Waals surface area contributed by atoms with Crippen LogP contribution in [0.5, 0.6) is 0 Å². The molecule has 0 saturated heterocycles. The number of ether oxygens (including phenoxy) is 1. The largest absolute Gasteiger partial charge is 0.382 e. The SMILES string of the molecule is CCOCCCNC(=NCc1nnc(C)n1C)NCCSC(C)(C)C. The molecule has 0 aliphatic rings. The maximum absolute atomic E-state index is 5.37. The lowest BCUT2D eigenvalue weighted by Crippen LogP contribution is -2.39. The van der Waals surface area contributed by atoms with Crippen molar-refractivity contribution in [2.75, 3.05) is 32.1 Å². The normalized spacial score (nSPS) is 12.5. The molecule has 0 radical (unpaired) electrons. The Kier molecular flexibility index (Phi) is 9.89. The van der Waals surface area contributed by atoms with Crippen molar-refractivity contribution in [3.05, 3.63) is 11.6 Å². The smallest absolute Gasteiger partial charge is 0.191 e. The van der Waals surface area contributed by atoms with E-state index in [4.69, 9.17) is 4.74 Å². The van der Waals surface area contributed by atoms with Gasteiger partial charge in [-0.25, -0.2) is 4.99 Å². The summed E-state index contributed by atoms with van der Waals surface area (Å²) in [5, 5.41) is 15.0. The number of nitrogens with zero attached hydrogens (tertiary/aromatic N) is 4. The second-order valence-corrected chi connectivity index (χ2v) is 8.67. The Bertz CT molecular complexity index is 524. The van der Waals surface area contributed by atoms with Gasteiger partial charge in [0.2, 0.25) is 0 Å². The van der Waals surface area contributed by atoms with E-state index >= 15 is 0 Å². The van der Waals surface area contributed by atoms with Crippen molar-refractivity contribution < 1.29 is 4.74 Å². The predicted octanol–water partition coefficient (Wildman–Crippen LogP) is 2.12. The predicted molar refractivity (Wildman–Crippen MR) is 106 cm³/mol.